The van der Waals surface area contributed by atoms with Crippen molar-refractivity contribution in [3.05, 3.63) is 58.3 Å². The average molecular weight is 358 g/mol. The second kappa shape index (κ2) is 8.20. The summed E-state index contributed by atoms with van der Waals surface area (Å²) in [6.45, 7) is 1.35. The second-order valence-electron chi connectivity index (χ2n) is 5.35. The molecule has 0 aliphatic heterocycles. The zero-order valence-electron chi connectivity index (χ0n) is 13.8. The Morgan fingerprint density at radius 3 is 2.56 bits per heavy atom. The summed E-state index contributed by atoms with van der Waals surface area (Å²) in [7, 11) is 1.59. The molecule has 0 spiro atoms. The van der Waals surface area contributed by atoms with Crippen LogP contribution in [0.5, 0.6) is 0 Å². The molecular weight excluding hydrogens is 340 g/mol. The van der Waals surface area contributed by atoms with Gasteiger partial charge in [0.05, 0.1) is 30.8 Å². The Balaban J connectivity index is 1.85. The SMILES string of the molecule is COCCOCCOC(=O)c1cccc2sc3ccccc3c(=O)c12. The van der Waals surface area contributed by atoms with Crippen molar-refractivity contribution in [3.63, 3.8) is 0 Å². The van der Waals surface area contributed by atoms with Crippen LogP contribution in [0, 0.1) is 0 Å². The summed E-state index contributed by atoms with van der Waals surface area (Å²) < 4.78 is 17.1. The number of hydrogen-bond donors (Lipinski definition) is 0. The third-order valence-electron chi connectivity index (χ3n) is 3.72. The lowest BCUT2D eigenvalue weighted by Gasteiger charge is -2.08. The van der Waals surface area contributed by atoms with Gasteiger partial charge in [-0.2, -0.15) is 0 Å². The highest BCUT2D eigenvalue weighted by Gasteiger charge is 2.16. The summed E-state index contributed by atoms with van der Waals surface area (Å²) in [5.41, 5.74) is 0.148. The van der Waals surface area contributed by atoms with Crippen molar-refractivity contribution in [2.45, 2.75) is 0 Å². The quantitative estimate of drug-likeness (QED) is 0.369. The fraction of sp³-hybridized carbons (Fsp3) is 0.263. The Labute approximate surface area is 148 Å². The van der Waals surface area contributed by atoms with Gasteiger partial charge < -0.3 is 14.2 Å². The molecule has 130 valence electrons. The summed E-state index contributed by atoms with van der Waals surface area (Å²) in [6.07, 6.45) is 0. The Morgan fingerprint density at radius 1 is 0.960 bits per heavy atom. The normalized spacial score (nSPS) is 11.1. The van der Waals surface area contributed by atoms with Gasteiger partial charge in [0.2, 0.25) is 0 Å². The van der Waals surface area contributed by atoms with Gasteiger partial charge in [-0.15, -0.1) is 11.3 Å². The van der Waals surface area contributed by atoms with Crippen molar-refractivity contribution in [2.75, 3.05) is 33.5 Å². The molecule has 0 amide bonds. The van der Waals surface area contributed by atoms with Crippen molar-refractivity contribution >= 4 is 37.5 Å². The molecule has 2 aromatic carbocycles. The van der Waals surface area contributed by atoms with E-state index >= 15 is 0 Å². The van der Waals surface area contributed by atoms with E-state index in [0.29, 0.717) is 29.5 Å². The van der Waals surface area contributed by atoms with Crippen LogP contribution in [0.25, 0.3) is 20.2 Å². The van der Waals surface area contributed by atoms with Gasteiger partial charge in [-0.05, 0) is 24.3 Å². The highest BCUT2D eigenvalue weighted by atomic mass is 32.1. The Kier molecular flexibility index (Phi) is 5.75. The van der Waals surface area contributed by atoms with Crippen LogP contribution < -0.4 is 5.43 Å². The summed E-state index contributed by atoms with van der Waals surface area (Å²) in [5.74, 6) is -0.513. The number of ether oxygens (including phenoxy) is 3. The largest absolute Gasteiger partial charge is 0.460 e. The molecule has 0 saturated heterocycles. The Hall–Kier alpha value is -2.28. The van der Waals surface area contributed by atoms with Gasteiger partial charge >= 0.3 is 5.97 Å². The van der Waals surface area contributed by atoms with Crippen LogP contribution in [0.2, 0.25) is 0 Å². The van der Waals surface area contributed by atoms with Crippen molar-refractivity contribution < 1.29 is 19.0 Å². The molecule has 1 aromatic heterocycles. The average Bonchev–Trinajstić information content (AvgIpc) is 2.64. The van der Waals surface area contributed by atoms with E-state index in [1.54, 1.807) is 25.3 Å². The molecule has 0 atom stereocenters. The molecule has 6 heteroatoms. The van der Waals surface area contributed by atoms with E-state index in [9.17, 15) is 9.59 Å². The first-order chi connectivity index (χ1) is 12.2. The zero-order valence-corrected chi connectivity index (χ0v) is 14.6. The number of methoxy groups -OCH3 is 1. The van der Waals surface area contributed by atoms with Crippen molar-refractivity contribution in [1.82, 2.24) is 0 Å². The van der Waals surface area contributed by atoms with Gasteiger partial charge in [0.1, 0.15) is 6.61 Å². The molecule has 1 heterocycles. The van der Waals surface area contributed by atoms with Crippen LogP contribution >= 0.6 is 11.3 Å². The molecule has 0 N–H and O–H groups in total. The minimum absolute atomic E-state index is 0.129. The first-order valence-corrected chi connectivity index (χ1v) is 8.72. The fourth-order valence-electron chi connectivity index (χ4n) is 2.53. The molecule has 0 bridgehead atoms. The number of esters is 1. The van der Waals surface area contributed by atoms with Crippen LogP contribution in [0.1, 0.15) is 10.4 Å². The molecule has 5 nitrogen and oxygen atoms in total. The smallest absolute Gasteiger partial charge is 0.339 e. The minimum Gasteiger partial charge on any atom is -0.460 e. The molecule has 0 aliphatic rings. The second-order valence-corrected chi connectivity index (χ2v) is 6.43. The number of carbonyl (C=O) groups excluding carboxylic acids is 1. The van der Waals surface area contributed by atoms with E-state index in [2.05, 4.69) is 0 Å². The van der Waals surface area contributed by atoms with Gasteiger partial charge in [0.25, 0.3) is 0 Å². The van der Waals surface area contributed by atoms with E-state index in [1.165, 1.54) is 11.3 Å². The standard InChI is InChI=1S/C19H18O5S/c1-22-9-10-23-11-12-24-19(21)14-6-4-8-16-17(14)18(20)13-5-2-3-7-15(13)25-16/h2-8H,9-12H2,1H3. The van der Waals surface area contributed by atoms with E-state index in [-0.39, 0.29) is 18.6 Å². The van der Waals surface area contributed by atoms with Crippen molar-refractivity contribution in [2.24, 2.45) is 0 Å². The number of hydrogen-bond acceptors (Lipinski definition) is 6. The molecule has 3 aromatic rings. The summed E-state index contributed by atoms with van der Waals surface area (Å²) in [4.78, 5) is 25.2. The lowest BCUT2D eigenvalue weighted by molar-refractivity contribution is 0.0215. The van der Waals surface area contributed by atoms with Gasteiger partial charge in [-0.25, -0.2) is 4.79 Å². The maximum atomic E-state index is 12.8. The molecule has 0 unspecified atom stereocenters. The number of benzene rings is 2. The van der Waals surface area contributed by atoms with Gasteiger partial charge in [-0.3, -0.25) is 4.79 Å². The van der Waals surface area contributed by atoms with Crippen LogP contribution in [-0.2, 0) is 14.2 Å². The van der Waals surface area contributed by atoms with Gasteiger partial charge in [0.15, 0.2) is 5.43 Å². The number of rotatable bonds is 7. The molecule has 25 heavy (non-hydrogen) atoms. The molecule has 0 fully saturated rings. The first-order valence-electron chi connectivity index (χ1n) is 7.90. The van der Waals surface area contributed by atoms with Crippen LogP contribution in [0.4, 0.5) is 0 Å². The van der Waals surface area contributed by atoms with Crippen molar-refractivity contribution in [1.29, 1.82) is 0 Å². The van der Waals surface area contributed by atoms with E-state index < -0.39 is 5.97 Å². The highest BCUT2D eigenvalue weighted by molar-refractivity contribution is 7.24. The predicted octanol–water partition coefficient (Wildman–Crippen LogP) is 3.23. The van der Waals surface area contributed by atoms with E-state index in [0.717, 1.165) is 9.40 Å². The number of fused-ring (bicyclic) bond motifs is 2. The summed E-state index contributed by atoms with van der Waals surface area (Å²) >= 11 is 1.49. The lowest BCUT2D eigenvalue weighted by Crippen LogP contribution is -2.15. The highest BCUT2D eigenvalue weighted by Crippen LogP contribution is 2.26. The minimum atomic E-state index is -0.513. The Bertz CT molecular complexity index is 947. The predicted molar refractivity (Wildman–Crippen MR) is 98.6 cm³/mol. The molecule has 3 rings (SSSR count). The van der Waals surface area contributed by atoms with Crippen molar-refractivity contribution in [3.8, 4) is 0 Å². The maximum absolute atomic E-state index is 12.8. The third-order valence-corrected chi connectivity index (χ3v) is 4.85. The molecule has 0 saturated carbocycles. The molecular formula is C19H18O5S. The van der Waals surface area contributed by atoms with Gasteiger partial charge in [-0.1, -0.05) is 18.2 Å². The molecule has 0 aliphatic carbocycles. The summed E-state index contributed by atoms with van der Waals surface area (Å²) in [5, 5.41) is 1.03. The monoisotopic (exact) mass is 358 g/mol. The van der Waals surface area contributed by atoms with E-state index in [1.807, 2.05) is 24.3 Å². The molecule has 0 radical (unpaired) electrons. The third kappa shape index (κ3) is 3.87. The van der Waals surface area contributed by atoms with Gasteiger partial charge in [0, 0.05) is 21.9 Å². The first kappa shape index (κ1) is 17.5. The van der Waals surface area contributed by atoms with Crippen LogP contribution in [0.3, 0.4) is 0 Å². The lowest BCUT2D eigenvalue weighted by atomic mass is 10.1. The number of carbonyl (C=O) groups is 1. The Morgan fingerprint density at radius 2 is 1.72 bits per heavy atom. The van der Waals surface area contributed by atoms with Crippen LogP contribution in [-0.4, -0.2) is 39.5 Å². The summed E-state index contributed by atoms with van der Waals surface area (Å²) in [6, 6.07) is 12.6. The topological polar surface area (TPSA) is 61.8 Å². The van der Waals surface area contributed by atoms with E-state index in [4.69, 9.17) is 14.2 Å². The van der Waals surface area contributed by atoms with Crippen LogP contribution in [0.15, 0.2) is 47.3 Å². The fourth-order valence-corrected chi connectivity index (χ4v) is 3.64. The zero-order chi connectivity index (χ0) is 17.6. The maximum Gasteiger partial charge on any atom is 0.339 e.